The second-order valence-corrected chi connectivity index (χ2v) is 7.45. The van der Waals surface area contributed by atoms with Crippen LogP contribution in [-0.2, 0) is 9.59 Å². The summed E-state index contributed by atoms with van der Waals surface area (Å²) in [5.41, 5.74) is 0. The van der Waals surface area contributed by atoms with Gasteiger partial charge in [0.25, 0.3) is 11.1 Å². The minimum absolute atomic E-state index is 0.0138. The number of aliphatic hydroxyl groups excluding tert-OH is 1. The molecule has 128 valence electrons. The third-order valence-electron chi connectivity index (χ3n) is 3.65. The summed E-state index contributed by atoms with van der Waals surface area (Å²) < 4.78 is 5.14. The topological polar surface area (TPSA) is 99.9 Å². The van der Waals surface area contributed by atoms with E-state index < -0.39 is 17.3 Å². The maximum atomic E-state index is 12.3. The number of rotatable bonds is 5. The third kappa shape index (κ3) is 3.85. The molecule has 0 radical (unpaired) electrons. The molecule has 9 heteroatoms. The van der Waals surface area contributed by atoms with Crippen molar-refractivity contribution in [3.8, 4) is 0 Å². The van der Waals surface area contributed by atoms with Crippen molar-refractivity contribution < 1.29 is 23.9 Å². The number of amides is 3. The van der Waals surface area contributed by atoms with Crippen LogP contribution in [0.2, 0.25) is 0 Å². The first-order valence-electron chi connectivity index (χ1n) is 7.38. The van der Waals surface area contributed by atoms with Crippen LogP contribution in [0.1, 0.15) is 12.2 Å². The van der Waals surface area contributed by atoms with Crippen LogP contribution in [0.4, 0.5) is 4.79 Å². The second-order valence-electron chi connectivity index (χ2n) is 5.38. The quantitative estimate of drug-likeness (QED) is 0.756. The predicted octanol–water partition coefficient (Wildman–Crippen LogP) is 1.30. The van der Waals surface area contributed by atoms with Crippen LogP contribution in [0.25, 0.3) is 6.08 Å². The number of carbonyl (C=O) groups is 3. The van der Waals surface area contributed by atoms with Crippen molar-refractivity contribution in [3.63, 3.8) is 0 Å². The summed E-state index contributed by atoms with van der Waals surface area (Å²) >= 11 is 2.40. The summed E-state index contributed by atoms with van der Waals surface area (Å²) in [5, 5.41) is 12.0. The normalized spacial score (nSPS) is 25.7. The number of thioether (sulfide) groups is 2. The van der Waals surface area contributed by atoms with E-state index >= 15 is 0 Å². The predicted molar refractivity (Wildman–Crippen MR) is 91.3 cm³/mol. The molecule has 0 bridgehead atoms. The lowest BCUT2D eigenvalue weighted by Gasteiger charge is -2.17. The van der Waals surface area contributed by atoms with Crippen LogP contribution in [0, 0.1) is 0 Å². The largest absolute Gasteiger partial charge is 0.465 e. The summed E-state index contributed by atoms with van der Waals surface area (Å²) in [6, 6.07) is 3.11. The summed E-state index contributed by atoms with van der Waals surface area (Å²) in [7, 11) is 0. The lowest BCUT2D eigenvalue weighted by Crippen LogP contribution is -2.43. The number of nitrogens with zero attached hydrogens (tertiary/aromatic N) is 1. The second kappa shape index (κ2) is 7.45. The first-order valence-corrected chi connectivity index (χ1v) is 9.36. The van der Waals surface area contributed by atoms with Crippen LogP contribution in [0.15, 0.2) is 27.7 Å². The third-order valence-corrected chi connectivity index (χ3v) is 5.73. The summed E-state index contributed by atoms with van der Waals surface area (Å²) in [6.45, 7) is 0.0158. The Morgan fingerprint density at radius 3 is 2.96 bits per heavy atom. The molecule has 1 aromatic rings. The molecule has 2 saturated heterocycles. The molecule has 3 amide bonds. The fourth-order valence-corrected chi connectivity index (χ4v) is 4.38. The fourth-order valence-electron chi connectivity index (χ4n) is 2.37. The zero-order chi connectivity index (χ0) is 17.1. The zero-order valence-electron chi connectivity index (χ0n) is 12.6. The highest BCUT2D eigenvalue weighted by atomic mass is 32.2. The van der Waals surface area contributed by atoms with Gasteiger partial charge in [-0.2, -0.15) is 11.8 Å². The van der Waals surface area contributed by atoms with Gasteiger partial charge in [-0.05, 0) is 23.9 Å². The van der Waals surface area contributed by atoms with Crippen molar-refractivity contribution >= 4 is 46.7 Å². The molecule has 0 aliphatic carbocycles. The molecule has 24 heavy (non-hydrogen) atoms. The van der Waals surface area contributed by atoms with Gasteiger partial charge in [0.15, 0.2) is 0 Å². The maximum absolute atomic E-state index is 12.3. The Labute approximate surface area is 146 Å². The molecular formula is C15H16N2O5S2. The van der Waals surface area contributed by atoms with Gasteiger partial charge in [-0.15, -0.1) is 0 Å². The minimum atomic E-state index is -0.549. The minimum Gasteiger partial charge on any atom is -0.465 e. The zero-order valence-corrected chi connectivity index (χ0v) is 14.3. The first kappa shape index (κ1) is 17.1. The van der Waals surface area contributed by atoms with Crippen LogP contribution in [-0.4, -0.2) is 57.3 Å². The molecule has 0 unspecified atom stereocenters. The van der Waals surface area contributed by atoms with E-state index in [2.05, 4.69) is 5.32 Å². The highest BCUT2D eigenvalue weighted by Crippen LogP contribution is 2.32. The maximum Gasteiger partial charge on any atom is 0.293 e. The first-order chi connectivity index (χ1) is 11.5. The number of furan rings is 1. The van der Waals surface area contributed by atoms with Crippen molar-refractivity contribution in [2.24, 2.45) is 0 Å². The molecular weight excluding hydrogens is 352 g/mol. The standard InChI is InChI=1S/C15H16N2O5S2/c18-11-8-23-7-10(11)16-13(19)3-4-17-14(20)12(24-15(17)21)6-9-2-1-5-22-9/h1-2,5-6,10-11,18H,3-4,7-8H2,(H,16,19)/b12-6-/t10-,11+/m0/s1. The van der Waals surface area contributed by atoms with Gasteiger partial charge in [-0.1, -0.05) is 0 Å². The van der Waals surface area contributed by atoms with E-state index in [0.717, 1.165) is 16.7 Å². The molecule has 2 aliphatic heterocycles. The van der Waals surface area contributed by atoms with Gasteiger partial charge in [0.2, 0.25) is 5.91 Å². The van der Waals surface area contributed by atoms with E-state index in [1.165, 1.54) is 12.3 Å². The Morgan fingerprint density at radius 1 is 1.46 bits per heavy atom. The van der Waals surface area contributed by atoms with Crippen LogP contribution >= 0.6 is 23.5 Å². The van der Waals surface area contributed by atoms with Crippen molar-refractivity contribution in [1.29, 1.82) is 0 Å². The summed E-state index contributed by atoms with van der Waals surface area (Å²) in [6.07, 6.45) is 2.46. The monoisotopic (exact) mass is 368 g/mol. The van der Waals surface area contributed by atoms with E-state index in [0.29, 0.717) is 17.3 Å². The molecule has 2 N–H and O–H groups in total. The average Bonchev–Trinajstić information content (AvgIpc) is 3.24. The molecule has 0 saturated carbocycles. The highest BCUT2D eigenvalue weighted by Gasteiger charge is 2.35. The molecule has 0 aromatic carbocycles. The molecule has 0 spiro atoms. The molecule has 7 nitrogen and oxygen atoms in total. The summed E-state index contributed by atoms with van der Waals surface area (Å²) in [4.78, 5) is 37.5. The Bertz CT molecular complexity index is 673. The van der Waals surface area contributed by atoms with E-state index in [1.807, 2.05) is 0 Å². The van der Waals surface area contributed by atoms with Crippen molar-refractivity contribution in [2.45, 2.75) is 18.6 Å². The number of aliphatic hydroxyl groups is 1. The van der Waals surface area contributed by atoms with Gasteiger partial charge in [-0.25, -0.2) is 0 Å². The Hall–Kier alpha value is -1.71. The molecule has 2 fully saturated rings. The van der Waals surface area contributed by atoms with Crippen LogP contribution < -0.4 is 5.32 Å². The van der Waals surface area contributed by atoms with Gasteiger partial charge in [0, 0.05) is 30.5 Å². The van der Waals surface area contributed by atoms with Crippen molar-refractivity contribution in [3.05, 3.63) is 29.1 Å². The number of hydrogen-bond donors (Lipinski definition) is 2. The Kier molecular flexibility index (Phi) is 5.32. The molecule has 1 aromatic heterocycles. The van der Waals surface area contributed by atoms with E-state index in [4.69, 9.17) is 4.42 Å². The molecule has 3 rings (SSSR count). The van der Waals surface area contributed by atoms with Crippen molar-refractivity contribution in [1.82, 2.24) is 10.2 Å². The number of hydrogen-bond acceptors (Lipinski definition) is 7. The molecule has 3 heterocycles. The number of carbonyl (C=O) groups excluding carboxylic acids is 3. The van der Waals surface area contributed by atoms with E-state index in [9.17, 15) is 19.5 Å². The number of imide groups is 1. The van der Waals surface area contributed by atoms with E-state index in [1.54, 1.807) is 23.9 Å². The summed E-state index contributed by atoms with van der Waals surface area (Å²) in [5.74, 6) is 1.05. The number of nitrogens with one attached hydrogen (secondary N) is 1. The van der Waals surface area contributed by atoms with Gasteiger partial charge in [0.05, 0.1) is 23.3 Å². The van der Waals surface area contributed by atoms with Gasteiger partial charge in [-0.3, -0.25) is 19.3 Å². The van der Waals surface area contributed by atoms with Gasteiger partial charge >= 0.3 is 0 Å². The molecule has 2 aliphatic rings. The smallest absolute Gasteiger partial charge is 0.293 e. The van der Waals surface area contributed by atoms with Gasteiger partial charge in [0.1, 0.15) is 5.76 Å². The van der Waals surface area contributed by atoms with Gasteiger partial charge < -0.3 is 14.8 Å². The average molecular weight is 368 g/mol. The van der Waals surface area contributed by atoms with Crippen molar-refractivity contribution in [2.75, 3.05) is 18.1 Å². The van der Waals surface area contributed by atoms with Crippen LogP contribution in [0.5, 0.6) is 0 Å². The fraction of sp³-hybridized carbons (Fsp3) is 0.400. The SMILES string of the molecule is O=C(CCN1C(=O)S/C(=C\c2ccco2)C1=O)N[C@H]1CSC[C@H]1O. The van der Waals surface area contributed by atoms with E-state index in [-0.39, 0.29) is 29.8 Å². The Morgan fingerprint density at radius 2 is 2.29 bits per heavy atom. The lowest BCUT2D eigenvalue weighted by atomic mass is 10.2. The highest BCUT2D eigenvalue weighted by molar-refractivity contribution is 8.18. The Balaban J connectivity index is 1.54. The lowest BCUT2D eigenvalue weighted by molar-refractivity contribution is -0.124. The molecule has 2 atom stereocenters. The van der Waals surface area contributed by atoms with Crippen LogP contribution in [0.3, 0.4) is 0 Å².